The number of halogens is 2. The lowest BCUT2D eigenvalue weighted by atomic mass is 10.1. The smallest absolute Gasteiger partial charge is 0.126 e. The van der Waals surface area contributed by atoms with Gasteiger partial charge in [0.1, 0.15) is 29.0 Å². The molecule has 2 aromatic carbocycles. The molecule has 0 radical (unpaired) electrons. The molecule has 104 valence electrons. The van der Waals surface area contributed by atoms with Gasteiger partial charge >= 0.3 is 0 Å². The molecular weight excluding hydrogens is 280 g/mol. The van der Waals surface area contributed by atoms with Gasteiger partial charge in [-0.2, -0.15) is 0 Å². The summed E-state index contributed by atoms with van der Waals surface area (Å²) in [5.41, 5.74) is 7.03. The predicted molar refractivity (Wildman–Crippen MR) is 77.8 cm³/mol. The zero-order valence-corrected chi connectivity index (χ0v) is 11.6. The van der Waals surface area contributed by atoms with Gasteiger partial charge in [0, 0.05) is 5.56 Å². The van der Waals surface area contributed by atoms with E-state index in [1.807, 2.05) is 0 Å². The van der Waals surface area contributed by atoms with Gasteiger partial charge in [-0.3, -0.25) is 0 Å². The van der Waals surface area contributed by atoms with E-state index in [1.54, 1.807) is 19.1 Å². The molecular formula is C15H13F2NOS. The molecule has 0 aliphatic carbocycles. The summed E-state index contributed by atoms with van der Waals surface area (Å²) in [4.78, 5) is 0.128. The quantitative estimate of drug-likeness (QED) is 0.877. The van der Waals surface area contributed by atoms with Gasteiger partial charge in [0.2, 0.25) is 0 Å². The van der Waals surface area contributed by atoms with Gasteiger partial charge in [-0.05, 0) is 54.4 Å². The molecule has 0 aromatic heterocycles. The molecule has 2 rings (SSSR count). The average molecular weight is 293 g/mol. The molecule has 0 unspecified atom stereocenters. The van der Waals surface area contributed by atoms with Crippen LogP contribution in [0.3, 0.4) is 0 Å². The van der Waals surface area contributed by atoms with Crippen molar-refractivity contribution in [3.8, 4) is 5.75 Å². The van der Waals surface area contributed by atoms with E-state index in [9.17, 15) is 8.78 Å². The van der Waals surface area contributed by atoms with E-state index in [0.29, 0.717) is 22.4 Å². The fraction of sp³-hybridized carbons (Fsp3) is 0.133. The lowest BCUT2D eigenvalue weighted by Crippen LogP contribution is -2.10. The van der Waals surface area contributed by atoms with Crippen LogP contribution in [-0.4, -0.2) is 4.99 Å². The number of aryl methyl sites for hydroxylation is 1. The highest BCUT2D eigenvalue weighted by Crippen LogP contribution is 2.18. The van der Waals surface area contributed by atoms with Crippen molar-refractivity contribution < 1.29 is 13.5 Å². The summed E-state index contributed by atoms with van der Waals surface area (Å²) in [6.45, 7) is 1.80. The molecule has 2 N–H and O–H groups in total. The summed E-state index contributed by atoms with van der Waals surface area (Å²) < 4.78 is 32.0. The zero-order valence-electron chi connectivity index (χ0n) is 10.8. The molecule has 0 aliphatic heterocycles. The summed E-state index contributed by atoms with van der Waals surface area (Å²) in [5.74, 6) is -0.201. The summed E-state index contributed by atoms with van der Waals surface area (Å²) in [5, 5.41) is 0. The molecule has 0 saturated heterocycles. The van der Waals surface area contributed by atoms with Crippen LogP contribution in [0.2, 0.25) is 0 Å². The lowest BCUT2D eigenvalue weighted by Gasteiger charge is -2.09. The molecule has 5 heteroatoms. The predicted octanol–water partition coefficient (Wildman–Crippen LogP) is 3.49. The normalized spacial score (nSPS) is 10.3. The van der Waals surface area contributed by atoms with Crippen LogP contribution in [0.4, 0.5) is 8.78 Å². The molecule has 0 fully saturated rings. The van der Waals surface area contributed by atoms with Crippen molar-refractivity contribution in [3.63, 3.8) is 0 Å². The van der Waals surface area contributed by atoms with Crippen molar-refractivity contribution in [1.29, 1.82) is 0 Å². The van der Waals surface area contributed by atoms with Crippen LogP contribution in [-0.2, 0) is 6.61 Å². The third-order valence-electron chi connectivity index (χ3n) is 2.78. The molecule has 0 heterocycles. The second-order valence-corrected chi connectivity index (χ2v) is 4.85. The van der Waals surface area contributed by atoms with Crippen molar-refractivity contribution in [1.82, 2.24) is 0 Å². The van der Waals surface area contributed by atoms with Crippen LogP contribution in [0.1, 0.15) is 16.7 Å². The molecule has 20 heavy (non-hydrogen) atoms. The van der Waals surface area contributed by atoms with E-state index in [1.165, 1.54) is 24.3 Å². The number of rotatable bonds is 4. The SMILES string of the molecule is Cc1cc(OCc2cc(F)cc(C(N)=S)c2)ccc1F. The molecule has 2 nitrogen and oxygen atoms in total. The topological polar surface area (TPSA) is 35.2 Å². The fourth-order valence-electron chi connectivity index (χ4n) is 1.75. The Kier molecular flexibility index (Phi) is 4.29. The Bertz CT molecular complexity index is 658. The first-order valence-electron chi connectivity index (χ1n) is 5.94. The largest absolute Gasteiger partial charge is 0.489 e. The molecule has 0 saturated carbocycles. The van der Waals surface area contributed by atoms with Gasteiger partial charge < -0.3 is 10.5 Å². The van der Waals surface area contributed by atoms with E-state index in [2.05, 4.69) is 0 Å². The van der Waals surface area contributed by atoms with Gasteiger partial charge in [0.15, 0.2) is 0 Å². The maximum atomic E-state index is 13.4. The number of ether oxygens (including phenoxy) is 1. The Morgan fingerprint density at radius 3 is 2.60 bits per heavy atom. The molecule has 2 aromatic rings. The van der Waals surface area contributed by atoms with Gasteiger partial charge in [-0.25, -0.2) is 8.78 Å². The summed E-state index contributed by atoms with van der Waals surface area (Å²) >= 11 is 4.82. The minimum Gasteiger partial charge on any atom is -0.489 e. The first kappa shape index (κ1) is 14.4. The summed E-state index contributed by atoms with van der Waals surface area (Å²) in [7, 11) is 0. The van der Waals surface area contributed by atoms with Crippen molar-refractivity contribution in [2.24, 2.45) is 5.73 Å². The van der Waals surface area contributed by atoms with Crippen molar-refractivity contribution in [2.45, 2.75) is 13.5 Å². The number of thiocarbonyl (C=S) groups is 1. The van der Waals surface area contributed by atoms with Crippen LogP contribution in [0.15, 0.2) is 36.4 Å². The Morgan fingerprint density at radius 1 is 1.20 bits per heavy atom. The standard InChI is InChI=1S/C15H13F2NOS/c1-9-4-13(2-3-14(9)17)19-8-10-5-11(15(18)20)7-12(16)6-10/h2-7H,8H2,1H3,(H2,18,20). The molecule has 0 bridgehead atoms. The number of nitrogens with two attached hydrogens (primary N) is 1. The molecule has 0 amide bonds. The highest BCUT2D eigenvalue weighted by Gasteiger charge is 2.05. The van der Waals surface area contributed by atoms with E-state index in [-0.39, 0.29) is 17.4 Å². The van der Waals surface area contributed by atoms with Crippen LogP contribution in [0, 0.1) is 18.6 Å². The fourth-order valence-corrected chi connectivity index (χ4v) is 1.87. The average Bonchev–Trinajstić information content (AvgIpc) is 2.39. The van der Waals surface area contributed by atoms with Gasteiger partial charge in [-0.15, -0.1) is 0 Å². The third kappa shape index (κ3) is 3.51. The van der Waals surface area contributed by atoms with Crippen LogP contribution in [0.5, 0.6) is 5.75 Å². The van der Waals surface area contributed by atoms with Crippen LogP contribution in [0.25, 0.3) is 0 Å². The maximum Gasteiger partial charge on any atom is 0.126 e. The Hall–Kier alpha value is -2.01. The minimum atomic E-state index is -0.427. The molecule has 0 spiro atoms. The lowest BCUT2D eigenvalue weighted by molar-refractivity contribution is 0.305. The van der Waals surface area contributed by atoms with Gasteiger partial charge in [0.25, 0.3) is 0 Å². The van der Waals surface area contributed by atoms with Crippen LogP contribution < -0.4 is 10.5 Å². The van der Waals surface area contributed by atoms with Crippen LogP contribution >= 0.6 is 12.2 Å². The van der Waals surface area contributed by atoms with Crippen molar-refractivity contribution in [2.75, 3.05) is 0 Å². The highest BCUT2D eigenvalue weighted by molar-refractivity contribution is 7.80. The van der Waals surface area contributed by atoms with E-state index in [4.69, 9.17) is 22.7 Å². The summed E-state index contributed by atoms with van der Waals surface area (Å²) in [6.07, 6.45) is 0. The molecule has 0 aliphatic rings. The van der Waals surface area contributed by atoms with E-state index in [0.717, 1.165) is 0 Å². The first-order chi connectivity index (χ1) is 9.45. The van der Waals surface area contributed by atoms with Gasteiger partial charge in [0.05, 0.1) is 0 Å². The number of hydrogen-bond acceptors (Lipinski definition) is 2. The Morgan fingerprint density at radius 2 is 1.95 bits per heavy atom. The van der Waals surface area contributed by atoms with Crippen molar-refractivity contribution in [3.05, 3.63) is 64.7 Å². The Labute approximate surface area is 121 Å². The number of benzene rings is 2. The number of hydrogen-bond donors (Lipinski definition) is 1. The highest BCUT2D eigenvalue weighted by atomic mass is 32.1. The van der Waals surface area contributed by atoms with E-state index >= 15 is 0 Å². The zero-order chi connectivity index (χ0) is 14.7. The third-order valence-corrected chi connectivity index (χ3v) is 3.01. The first-order valence-corrected chi connectivity index (χ1v) is 6.35. The molecule has 0 atom stereocenters. The second-order valence-electron chi connectivity index (χ2n) is 4.41. The monoisotopic (exact) mass is 293 g/mol. The minimum absolute atomic E-state index is 0.128. The van der Waals surface area contributed by atoms with Crippen molar-refractivity contribution >= 4 is 17.2 Å². The maximum absolute atomic E-state index is 13.4. The second kappa shape index (κ2) is 5.96. The Balaban J connectivity index is 2.14. The summed E-state index contributed by atoms with van der Waals surface area (Å²) in [6, 6.07) is 8.73. The van der Waals surface area contributed by atoms with Gasteiger partial charge in [-0.1, -0.05) is 12.2 Å². The van der Waals surface area contributed by atoms with E-state index < -0.39 is 5.82 Å².